The third-order valence-corrected chi connectivity index (χ3v) is 3.13. The minimum Gasteiger partial charge on any atom is -0.395 e. The summed E-state index contributed by atoms with van der Waals surface area (Å²) >= 11 is 3.25. The first-order chi connectivity index (χ1) is 10.2. The topological polar surface area (TPSA) is 21.6 Å². The Balaban J connectivity index is 2.21. The Hall–Kier alpha value is -1.75. The van der Waals surface area contributed by atoms with Crippen LogP contribution in [-0.4, -0.2) is 17.6 Å². The van der Waals surface area contributed by atoms with Gasteiger partial charge in [-0.15, -0.1) is 0 Å². The van der Waals surface area contributed by atoms with E-state index in [1.165, 1.54) is 24.3 Å². The summed E-state index contributed by atoms with van der Waals surface area (Å²) in [4.78, 5) is 5.20. The molecule has 0 saturated carbocycles. The lowest BCUT2D eigenvalue weighted by Crippen LogP contribution is -2.07. The summed E-state index contributed by atoms with van der Waals surface area (Å²) < 4.78 is 25.9. The third kappa shape index (κ3) is 4.93. The van der Waals surface area contributed by atoms with Gasteiger partial charge in [0.1, 0.15) is 18.2 Å². The number of rotatable bonds is 6. The quantitative estimate of drug-likeness (QED) is 0.328. The predicted octanol–water partition coefficient (Wildman–Crippen LogP) is 4.32. The van der Waals surface area contributed by atoms with Crippen LogP contribution in [0.25, 0.3) is 0 Å². The van der Waals surface area contributed by atoms with Crippen molar-refractivity contribution in [2.45, 2.75) is 6.42 Å². The molecule has 2 nitrogen and oxygen atoms in total. The summed E-state index contributed by atoms with van der Waals surface area (Å²) in [5, 5.41) is 4.77. The van der Waals surface area contributed by atoms with Crippen LogP contribution in [0.3, 0.4) is 0 Å². The van der Waals surface area contributed by atoms with E-state index in [0.717, 1.165) is 11.1 Å². The maximum atomic E-state index is 13.0. The van der Waals surface area contributed by atoms with Crippen molar-refractivity contribution in [2.24, 2.45) is 5.16 Å². The molecule has 2 aromatic rings. The summed E-state index contributed by atoms with van der Waals surface area (Å²) in [7, 11) is 0. The minimum atomic E-state index is -0.304. The van der Waals surface area contributed by atoms with Crippen LogP contribution in [0.1, 0.15) is 11.1 Å². The van der Waals surface area contributed by atoms with Crippen LogP contribution in [0.2, 0.25) is 0 Å². The van der Waals surface area contributed by atoms with Gasteiger partial charge in [0.15, 0.2) is 0 Å². The Kier molecular flexibility index (Phi) is 5.87. The average Bonchev–Trinajstić information content (AvgIpc) is 2.49. The first kappa shape index (κ1) is 15.6. The third-order valence-electron chi connectivity index (χ3n) is 2.81. The van der Waals surface area contributed by atoms with Gasteiger partial charge < -0.3 is 4.84 Å². The molecule has 0 amide bonds. The van der Waals surface area contributed by atoms with E-state index in [-0.39, 0.29) is 11.6 Å². The van der Waals surface area contributed by atoms with Crippen LogP contribution < -0.4 is 0 Å². The zero-order valence-electron chi connectivity index (χ0n) is 11.2. The lowest BCUT2D eigenvalue weighted by atomic mass is 10.0. The number of halogens is 3. The van der Waals surface area contributed by atoms with Gasteiger partial charge in [-0.3, -0.25) is 0 Å². The normalized spacial score (nSPS) is 11.5. The fourth-order valence-corrected chi connectivity index (χ4v) is 1.93. The van der Waals surface area contributed by atoms with Gasteiger partial charge in [-0.1, -0.05) is 45.4 Å². The van der Waals surface area contributed by atoms with Crippen LogP contribution in [-0.2, 0) is 11.3 Å². The molecule has 0 unspecified atom stereocenters. The Morgan fingerprint density at radius 3 is 2.10 bits per heavy atom. The fraction of sp³-hybridized carbons (Fsp3) is 0.188. The summed E-state index contributed by atoms with van der Waals surface area (Å²) in [5.41, 5.74) is 2.35. The molecular formula is C16H14BrF2NO. The number of oxime groups is 1. The van der Waals surface area contributed by atoms with Gasteiger partial charge >= 0.3 is 0 Å². The second-order valence-corrected chi connectivity index (χ2v) is 5.16. The van der Waals surface area contributed by atoms with E-state index in [0.29, 0.717) is 24.1 Å². The van der Waals surface area contributed by atoms with Gasteiger partial charge in [-0.2, -0.15) is 0 Å². The summed E-state index contributed by atoms with van der Waals surface area (Å²) in [6, 6.07) is 12.2. The van der Waals surface area contributed by atoms with Crippen LogP contribution in [0, 0.1) is 11.6 Å². The van der Waals surface area contributed by atoms with Crippen molar-refractivity contribution >= 4 is 21.6 Å². The van der Waals surface area contributed by atoms with E-state index in [2.05, 4.69) is 21.1 Å². The molecule has 0 heterocycles. The molecule has 21 heavy (non-hydrogen) atoms. The Labute approximate surface area is 130 Å². The minimum absolute atomic E-state index is 0.283. The van der Waals surface area contributed by atoms with Gasteiger partial charge in [-0.05, 0) is 35.4 Å². The van der Waals surface area contributed by atoms with Crippen molar-refractivity contribution in [3.8, 4) is 0 Å². The van der Waals surface area contributed by atoms with Crippen LogP contribution >= 0.6 is 15.9 Å². The molecule has 0 bridgehead atoms. The molecule has 2 aromatic carbocycles. The molecule has 0 aliphatic heterocycles. The van der Waals surface area contributed by atoms with Crippen molar-refractivity contribution < 1.29 is 13.6 Å². The van der Waals surface area contributed by atoms with Gasteiger partial charge in [0.25, 0.3) is 0 Å². The smallest absolute Gasteiger partial charge is 0.126 e. The molecule has 0 radical (unpaired) electrons. The first-order valence-electron chi connectivity index (χ1n) is 6.44. The number of hydrogen-bond acceptors (Lipinski definition) is 2. The molecule has 0 atom stereocenters. The maximum absolute atomic E-state index is 13.0. The van der Waals surface area contributed by atoms with E-state index in [1.807, 2.05) is 0 Å². The van der Waals surface area contributed by atoms with Crippen LogP contribution in [0.4, 0.5) is 8.78 Å². The zero-order chi connectivity index (χ0) is 15.1. The molecule has 0 aromatic heterocycles. The zero-order valence-corrected chi connectivity index (χ0v) is 12.8. The lowest BCUT2D eigenvalue weighted by molar-refractivity contribution is 0.162. The van der Waals surface area contributed by atoms with Crippen molar-refractivity contribution in [1.82, 2.24) is 0 Å². The predicted molar refractivity (Wildman–Crippen MR) is 82.8 cm³/mol. The van der Waals surface area contributed by atoms with Crippen molar-refractivity contribution in [2.75, 3.05) is 11.9 Å². The van der Waals surface area contributed by atoms with Crippen LogP contribution in [0.5, 0.6) is 0 Å². The molecule has 2 rings (SSSR count). The SMILES string of the molecule is Fc1ccc(CC(=NOCCBr)c2ccc(F)cc2)cc1. The summed E-state index contributed by atoms with van der Waals surface area (Å²) in [6.45, 7) is 0.439. The van der Waals surface area contributed by atoms with E-state index in [1.54, 1.807) is 24.3 Å². The highest BCUT2D eigenvalue weighted by atomic mass is 79.9. The van der Waals surface area contributed by atoms with E-state index >= 15 is 0 Å². The fourth-order valence-electron chi connectivity index (χ4n) is 1.78. The van der Waals surface area contributed by atoms with Crippen LogP contribution in [0.15, 0.2) is 53.7 Å². The highest BCUT2D eigenvalue weighted by Gasteiger charge is 2.07. The second kappa shape index (κ2) is 7.88. The lowest BCUT2D eigenvalue weighted by Gasteiger charge is -2.07. The highest BCUT2D eigenvalue weighted by Crippen LogP contribution is 2.11. The monoisotopic (exact) mass is 353 g/mol. The second-order valence-electron chi connectivity index (χ2n) is 4.37. The number of benzene rings is 2. The molecule has 0 aliphatic carbocycles. The van der Waals surface area contributed by atoms with Gasteiger partial charge in [0.05, 0.1) is 5.71 Å². The number of nitrogens with zero attached hydrogens (tertiary/aromatic N) is 1. The largest absolute Gasteiger partial charge is 0.395 e. The maximum Gasteiger partial charge on any atom is 0.126 e. The van der Waals surface area contributed by atoms with Gasteiger partial charge in [0, 0.05) is 11.8 Å². The Morgan fingerprint density at radius 2 is 1.52 bits per heavy atom. The Morgan fingerprint density at radius 1 is 0.952 bits per heavy atom. The molecule has 0 fully saturated rings. The first-order valence-corrected chi connectivity index (χ1v) is 7.56. The van der Waals surface area contributed by atoms with Crippen molar-refractivity contribution in [1.29, 1.82) is 0 Å². The molecule has 110 valence electrons. The standard InChI is InChI=1S/C16H14BrF2NO/c17-9-10-21-20-16(13-3-7-15(19)8-4-13)11-12-1-5-14(18)6-2-12/h1-8H,9-11H2. The Bertz CT molecular complexity index is 597. The van der Waals surface area contributed by atoms with Crippen molar-refractivity contribution in [3.63, 3.8) is 0 Å². The van der Waals surface area contributed by atoms with Crippen molar-refractivity contribution in [3.05, 3.63) is 71.3 Å². The number of hydrogen-bond donors (Lipinski definition) is 0. The average molecular weight is 354 g/mol. The van der Waals surface area contributed by atoms with E-state index in [4.69, 9.17) is 4.84 Å². The van der Waals surface area contributed by atoms with E-state index < -0.39 is 0 Å². The van der Waals surface area contributed by atoms with Gasteiger partial charge in [0.2, 0.25) is 0 Å². The summed E-state index contributed by atoms with van der Waals surface area (Å²) in [5.74, 6) is -0.587. The molecular weight excluding hydrogens is 340 g/mol. The van der Waals surface area contributed by atoms with E-state index in [9.17, 15) is 8.78 Å². The molecule has 0 N–H and O–H groups in total. The highest BCUT2D eigenvalue weighted by molar-refractivity contribution is 9.09. The molecule has 0 aliphatic rings. The van der Waals surface area contributed by atoms with Gasteiger partial charge in [-0.25, -0.2) is 8.78 Å². The molecule has 0 spiro atoms. The summed E-state index contributed by atoms with van der Waals surface area (Å²) in [6.07, 6.45) is 0.480. The molecule has 5 heteroatoms. The number of alkyl halides is 1. The molecule has 0 saturated heterocycles.